The lowest BCUT2D eigenvalue weighted by Crippen LogP contribution is -2.43. The smallest absolute Gasteiger partial charge is 0.322 e. The molecule has 1 aliphatic rings. The minimum Gasteiger partial charge on any atom is -0.480 e. The third-order valence-electron chi connectivity index (χ3n) is 3.37. The molecule has 0 bridgehead atoms. The molecule has 86 valence electrons. The predicted molar refractivity (Wildman–Crippen MR) is 56.5 cm³/mol. The molecule has 4 heteroatoms. The van der Waals surface area contributed by atoms with E-state index in [1.807, 2.05) is 6.92 Å². The van der Waals surface area contributed by atoms with Crippen LogP contribution in [0.5, 0.6) is 0 Å². The molecule has 1 aliphatic carbocycles. The predicted octanol–water partition coefficient (Wildman–Crippen LogP) is 1.55. The van der Waals surface area contributed by atoms with E-state index in [2.05, 4.69) is 5.32 Å². The minimum absolute atomic E-state index is 0.0768. The average Bonchev–Trinajstić information content (AvgIpc) is 2.26. The Morgan fingerprint density at radius 1 is 1.27 bits per heavy atom. The Kier molecular flexibility index (Phi) is 4.12. The van der Waals surface area contributed by atoms with Crippen LogP contribution >= 0.6 is 0 Å². The van der Waals surface area contributed by atoms with Gasteiger partial charge < -0.3 is 10.4 Å². The molecule has 0 atom stereocenters. The van der Waals surface area contributed by atoms with Gasteiger partial charge in [0, 0.05) is 5.41 Å². The molecule has 0 aromatic heterocycles. The number of hydrogen-bond donors (Lipinski definition) is 2. The fraction of sp³-hybridized carbons (Fsp3) is 0.818. The molecule has 0 unspecified atom stereocenters. The van der Waals surface area contributed by atoms with Crippen molar-refractivity contribution < 1.29 is 14.7 Å². The molecule has 0 aliphatic heterocycles. The highest BCUT2D eigenvalue weighted by atomic mass is 16.4. The van der Waals surface area contributed by atoms with Crippen LogP contribution in [0.4, 0.5) is 0 Å². The second-order valence-corrected chi connectivity index (χ2v) is 4.27. The number of aliphatic carboxylic acids is 1. The van der Waals surface area contributed by atoms with E-state index in [9.17, 15) is 9.59 Å². The van der Waals surface area contributed by atoms with Crippen LogP contribution in [-0.4, -0.2) is 23.5 Å². The number of carbonyl (C=O) groups excluding carboxylic acids is 1. The Balaban J connectivity index is 2.55. The van der Waals surface area contributed by atoms with Crippen LogP contribution in [0.15, 0.2) is 0 Å². The van der Waals surface area contributed by atoms with Gasteiger partial charge in [-0.25, -0.2) is 0 Å². The Hall–Kier alpha value is -1.06. The molecule has 1 amide bonds. The van der Waals surface area contributed by atoms with Gasteiger partial charge in [-0.15, -0.1) is 0 Å². The van der Waals surface area contributed by atoms with Gasteiger partial charge in [-0.1, -0.05) is 26.2 Å². The molecule has 0 heterocycles. The van der Waals surface area contributed by atoms with Crippen LogP contribution in [0.1, 0.15) is 45.4 Å². The summed E-state index contributed by atoms with van der Waals surface area (Å²) in [5.41, 5.74) is -0.298. The molecule has 0 saturated heterocycles. The highest BCUT2D eigenvalue weighted by Gasteiger charge is 2.37. The topological polar surface area (TPSA) is 66.4 Å². The van der Waals surface area contributed by atoms with Crippen LogP contribution < -0.4 is 5.32 Å². The van der Waals surface area contributed by atoms with Gasteiger partial charge in [0.05, 0.1) is 0 Å². The summed E-state index contributed by atoms with van der Waals surface area (Å²) < 4.78 is 0. The van der Waals surface area contributed by atoms with Crippen molar-refractivity contribution in [3.8, 4) is 0 Å². The van der Waals surface area contributed by atoms with Crippen molar-refractivity contribution in [2.45, 2.75) is 45.4 Å². The molecule has 0 aromatic rings. The Labute approximate surface area is 90.0 Å². The zero-order chi connectivity index (χ0) is 11.3. The van der Waals surface area contributed by atoms with E-state index < -0.39 is 5.97 Å². The van der Waals surface area contributed by atoms with Gasteiger partial charge >= 0.3 is 5.97 Å². The van der Waals surface area contributed by atoms with Gasteiger partial charge in [0.15, 0.2) is 0 Å². The van der Waals surface area contributed by atoms with Crippen molar-refractivity contribution in [2.75, 3.05) is 6.54 Å². The molecule has 2 N–H and O–H groups in total. The lowest BCUT2D eigenvalue weighted by Gasteiger charge is -2.34. The van der Waals surface area contributed by atoms with E-state index in [0.717, 1.165) is 32.1 Å². The van der Waals surface area contributed by atoms with E-state index in [1.54, 1.807) is 0 Å². The molecule has 0 aromatic carbocycles. The molecule has 0 spiro atoms. The summed E-state index contributed by atoms with van der Waals surface area (Å²) in [5, 5.41) is 11.0. The van der Waals surface area contributed by atoms with Gasteiger partial charge in [0.2, 0.25) is 5.91 Å². The number of amides is 1. The van der Waals surface area contributed by atoms with Crippen LogP contribution in [0.3, 0.4) is 0 Å². The lowest BCUT2D eigenvalue weighted by molar-refractivity contribution is -0.141. The van der Waals surface area contributed by atoms with Crippen molar-refractivity contribution in [1.29, 1.82) is 0 Å². The van der Waals surface area contributed by atoms with Crippen molar-refractivity contribution in [1.82, 2.24) is 5.32 Å². The first-order chi connectivity index (χ1) is 7.10. The monoisotopic (exact) mass is 213 g/mol. The molecule has 1 fully saturated rings. The summed E-state index contributed by atoms with van der Waals surface area (Å²) in [5.74, 6) is -1.06. The molecule has 4 nitrogen and oxygen atoms in total. The van der Waals surface area contributed by atoms with Gasteiger partial charge in [-0.2, -0.15) is 0 Å². The highest BCUT2D eigenvalue weighted by Crippen LogP contribution is 2.39. The third kappa shape index (κ3) is 2.94. The Bertz CT molecular complexity index is 244. The van der Waals surface area contributed by atoms with E-state index in [0.29, 0.717) is 0 Å². The largest absolute Gasteiger partial charge is 0.480 e. The van der Waals surface area contributed by atoms with Crippen molar-refractivity contribution in [2.24, 2.45) is 5.41 Å². The Morgan fingerprint density at radius 2 is 1.87 bits per heavy atom. The zero-order valence-electron chi connectivity index (χ0n) is 9.21. The van der Waals surface area contributed by atoms with E-state index in [4.69, 9.17) is 5.11 Å². The number of hydrogen-bond acceptors (Lipinski definition) is 2. The number of carboxylic acids is 1. The molecular formula is C11H19NO3. The molecule has 0 radical (unpaired) electrons. The quantitative estimate of drug-likeness (QED) is 0.744. The van der Waals surface area contributed by atoms with Crippen molar-refractivity contribution in [3.05, 3.63) is 0 Å². The van der Waals surface area contributed by atoms with Gasteiger partial charge in [-0.05, 0) is 19.3 Å². The summed E-state index contributed by atoms with van der Waals surface area (Å²) in [6.45, 7) is 1.74. The standard InChI is InChI=1S/C11H19NO3/c1-2-11(6-4-3-5-7-11)10(15)12-8-9(13)14/h2-8H2,1H3,(H,12,15)(H,13,14). The first-order valence-corrected chi connectivity index (χ1v) is 5.61. The van der Waals surface area contributed by atoms with Gasteiger partial charge in [-0.3, -0.25) is 9.59 Å². The fourth-order valence-corrected chi connectivity index (χ4v) is 2.31. The summed E-state index contributed by atoms with van der Waals surface area (Å²) in [6.07, 6.45) is 5.94. The summed E-state index contributed by atoms with van der Waals surface area (Å²) >= 11 is 0. The maximum atomic E-state index is 11.9. The van der Waals surface area contributed by atoms with Gasteiger partial charge in [0.1, 0.15) is 6.54 Å². The van der Waals surface area contributed by atoms with Crippen LogP contribution in [-0.2, 0) is 9.59 Å². The second-order valence-electron chi connectivity index (χ2n) is 4.27. The molecular weight excluding hydrogens is 194 g/mol. The van der Waals surface area contributed by atoms with Crippen LogP contribution in [0.2, 0.25) is 0 Å². The van der Waals surface area contributed by atoms with E-state index in [-0.39, 0.29) is 17.9 Å². The lowest BCUT2D eigenvalue weighted by atomic mass is 9.71. The first-order valence-electron chi connectivity index (χ1n) is 5.61. The molecule has 1 saturated carbocycles. The normalized spacial score (nSPS) is 19.5. The number of rotatable bonds is 4. The summed E-state index contributed by atoms with van der Waals surface area (Å²) in [6, 6.07) is 0. The average molecular weight is 213 g/mol. The Morgan fingerprint density at radius 3 is 2.33 bits per heavy atom. The van der Waals surface area contributed by atoms with Crippen LogP contribution in [0.25, 0.3) is 0 Å². The fourth-order valence-electron chi connectivity index (χ4n) is 2.31. The molecule has 1 rings (SSSR count). The first kappa shape index (κ1) is 12.0. The number of carbonyl (C=O) groups is 2. The number of nitrogens with one attached hydrogen (secondary N) is 1. The number of carboxylic acid groups (broad SMARTS) is 1. The maximum absolute atomic E-state index is 11.9. The van der Waals surface area contributed by atoms with Crippen LogP contribution in [0, 0.1) is 5.41 Å². The SMILES string of the molecule is CCC1(C(=O)NCC(=O)O)CCCCC1. The minimum atomic E-state index is -0.981. The highest BCUT2D eigenvalue weighted by molar-refractivity contribution is 5.85. The maximum Gasteiger partial charge on any atom is 0.322 e. The summed E-state index contributed by atoms with van der Waals surface area (Å²) in [4.78, 5) is 22.2. The zero-order valence-corrected chi connectivity index (χ0v) is 9.21. The molecule has 15 heavy (non-hydrogen) atoms. The van der Waals surface area contributed by atoms with Crippen molar-refractivity contribution >= 4 is 11.9 Å². The summed E-state index contributed by atoms with van der Waals surface area (Å²) in [7, 11) is 0. The van der Waals surface area contributed by atoms with Crippen molar-refractivity contribution in [3.63, 3.8) is 0 Å². The second kappa shape index (κ2) is 5.14. The van der Waals surface area contributed by atoms with Gasteiger partial charge in [0.25, 0.3) is 0 Å². The van der Waals surface area contributed by atoms with E-state index in [1.165, 1.54) is 6.42 Å². The third-order valence-corrected chi connectivity index (χ3v) is 3.37. The van der Waals surface area contributed by atoms with E-state index >= 15 is 0 Å².